The third-order valence-corrected chi connectivity index (χ3v) is 3.12. The number of hydrogen-bond acceptors (Lipinski definition) is 1. The maximum atomic E-state index is 13.4. The topological polar surface area (TPSA) is 26.0 Å². The summed E-state index contributed by atoms with van der Waals surface area (Å²) in [7, 11) is 0. The lowest BCUT2D eigenvalue weighted by Gasteiger charge is -2.13. The SMILES string of the molecule is CC(N)c1ccc(F)cc1-c1cc(Cl)cc(Cl)c1. The van der Waals surface area contributed by atoms with Gasteiger partial charge in [-0.25, -0.2) is 4.39 Å². The second kappa shape index (κ2) is 5.27. The first-order valence-corrected chi connectivity index (χ1v) is 6.24. The molecule has 2 rings (SSSR count). The molecule has 1 nitrogen and oxygen atoms in total. The van der Waals surface area contributed by atoms with Crippen molar-refractivity contribution in [2.45, 2.75) is 13.0 Å². The summed E-state index contributed by atoms with van der Waals surface area (Å²) in [4.78, 5) is 0. The van der Waals surface area contributed by atoms with Crippen molar-refractivity contribution in [2.24, 2.45) is 5.73 Å². The van der Waals surface area contributed by atoms with Crippen LogP contribution in [0.1, 0.15) is 18.5 Å². The first kappa shape index (κ1) is 13.3. The molecule has 0 amide bonds. The van der Waals surface area contributed by atoms with Crippen molar-refractivity contribution < 1.29 is 4.39 Å². The monoisotopic (exact) mass is 283 g/mol. The Kier molecular flexibility index (Phi) is 3.91. The van der Waals surface area contributed by atoms with Gasteiger partial charge >= 0.3 is 0 Å². The average Bonchev–Trinajstić information content (AvgIpc) is 2.27. The van der Waals surface area contributed by atoms with Crippen LogP contribution < -0.4 is 5.73 Å². The molecule has 2 N–H and O–H groups in total. The van der Waals surface area contributed by atoms with E-state index in [0.29, 0.717) is 10.0 Å². The third kappa shape index (κ3) is 2.83. The van der Waals surface area contributed by atoms with Gasteiger partial charge in [0, 0.05) is 16.1 Å². The van der Waals surface area contributed by atoms with Crippen LogP contribution in [0.5, 0.6) is 0 Å². The van der Waals surface area contributed by atoms with Crippen LogP contribution in [0.15, 0.2) is 36.4 Å². The van der Waals surface area contributed by atoms with Crippen LogP contribution in [0.4, 0.5) is 4.39 Å². The molecular formula is C14H12Cl2FN. The number of benzene rings is 2. The molecule has 0 aromatic heterocycles. The standard InChI is InChI=1S/C14H12Cl2FN/c1-8(18)13-3-2-12(17)7-14(13)9-4-10(15)6-11(16)5-9/h2-8H,18H2,1H3. The third-order valence-electron chi connectivity index (χ3n) is 2.68. The van der Waals surface area contributed by atoms with Crippen molar-refractivity contribution in [3.8, 4) is 11.1 Å². The normalized spacial score (nSPS) is 12.5. The maximum Gasteiger partial charge on any atom is 0.123 e. The van der Waals surface area contributed by atoms with E-state index in [4.69, 9.17) is 28.9 Å². The molecule has 18 heavy (non-hydrogen) atoms. The second-order valence-corrected chi connectivity index (χ2v) is 5.05. The Balaban J connectivity index is 2.65. The van der Waals surface area contributed by atoms with E-state index in [1.807, 2.05) is 6.92 Å². The molecule has 0 saturated carbocycles. The van der Waals surface area contributed by atoms with Crippen molar-refractivity contribution in [1.29, 1.82) is 0 Å². The van der Waals surface area contributed by atoms with Crippen LogP contribution in [0, 0.1) is 5.82 Å². The number of rotatable bonds is 2. The van der Waals surface area contributed by atoms with E-state index in [1.54, 1.807) is 24.3 Å². The fourth-order valence-electron chi connectivity index (χ4n) is 1.88. The molecule has 0 heterocycles. The average molecular weight is 284 g/mol. The zero-order chi connectivity index (χ0) is 13.3. The summed E-state index contributed by atoms with van der Waals surface area (Å²) >= 11 is 11.9. The lowest BCUT2D eigenvalue weighted by atomic mass is 9.96. The van der Waals surface area contributed by atoms with Crippen LogP contribution >= 0.6 is 23.2 Å². The summed E-state index contributed by atoms with van der Waals surface area (Å²) in [5.74, 6) is -0.314. The van der Waals surface area contributed by atoms with Gasteiger partial charge in [-0.15, -0.1) is 0 Å². The van der Waals surface area contributed by atoms with Crippen LogP contribution in [0.25, 0.3) is 11.1 Å². The molecule has 1 unspecified atom stereocenters. The highest BCUT2D eigenvalue weighted by Crippen LogP contribution is 2.32. The van der Waals surface area contributed by atoms with E-state index < -0.39 is 0 Å². The van der Waals surface area contributed by atoms with Gasteiger partial charge in [0.2, 0.25) is 0 Å². The summed E-state index contributed by atoms with van der Waals surface area (Å²) in [6, 6.07) is 9.46. The molecule has 2 aromatic carbocycles. The molecule has 0 aliphatic heterocycles. The van der Waals surface area contributed by atoms with Gasteiger partial charge in [-0.1, -0.05) is 29.3 Å². The van der Waals surface area contributed by atoms with Gasteiger partial charge in [0.1, 0.15) is 5.82 Å². The van der Waals surface area contributed by atoms with Crippen molar-refractivity contribution >= 4 is 23.2 Å². The molecule has 94 valence electrons. The lowest BCUT2D eigenvalue weighted by Crippen LogP contribution is -2.07. The fraction of sp³-hybridized carbons (Fsp3) is 0.143. The summed E-state index contributed by atoms with van der Waals surface area (Å²) < 4.78 is 13.4. The van der Waals surface area contributed by atoms with Gasteiger partial charge in [-0.05, 0) is 53.9 Å². The minimum atomic E-state index is -0.314. The molecule has 0 radical (unpaired) electrons. The Labute approximate surface area is 115 Å². The van der Waals surface area contributed by atoms with Crippen molar-refractivity contribution in [1.82, 2.24) is 0 Å². The molecule has 0 aliphatic carbocycles. The Morgan fingerprint density at radius 1 is 1.06 bits per heavy atom. The van der Waals surface area contributed by atoms with Crippen LogP contribution in [-0.4, -0.2) is 0 Å². The number of hydrogen-bond donors (Lipinski definition) is 1. The molecule has 0 bridgehead atoms. The van der Waals surface area contributed by atoms with Crippen molar-refractivity contribution in [2.75, 3.05) is 0 Å². The highest BCUT2D eigenvalue weighted by Gasteiger charge is 2.11. The number of nitrogens with two attached hydrogens (primary N) is 1. The second-order valence-electron chi connectivity index (χ2n) is 4.18. The minimum Gasteiger partial charge on any atom is -0.324 e. The fourth-order valence-corrected chi connectivity index (χ4v) is 2.41. The predicted octanol–water partition coefficient (Wildman–Crippen LogP) is 4.82. The largest absolute Gasteiger partial charge is 0.324 e. The summed E-state index contributed by atoms with van der Waals surface area (Å²) in [6.07, 6.45) is 0. The molecule has 2 aromatic rings. The Morgan fingerprint density at radius 3 is 2.22 bits per heavy atom. The summed E-state index contributed by atoms with van der Waals surface area (Å²) in [5, 5.41) is 1.02. The van der Waals surface area contributed by atoms with E-state index in [9.17, 15) is 4.39 Å². The quantitative estimate of drug-likeness (QED) is 0.840. The smallest absolute Gasteiger partial charge is 0.123 e. The Bertz CT molecular complexity index is 562. The highest BCUT2D eigenvalue weighted by atomic mass is 35.5. The van der Waals surface area contributed by atoms with Crippen LogP contribution in [0.3, 0.4) is 0 Å². The van der Waals surface area contributed by atoms with Crippen molar-refractivity contribution in [3.63, 3.8) is 0 Å². The van der Waals surface area contributed by atoms with E-state index in [0.717, 1.165) is 16.7 Å². The van der Waals surface area contributed by atoms with Crippen LogP contribution in [0.2, 0.25) is 10.0 Å². The van der Waals surface area contributed by atoms with Crippen molar-refractivity contribution in [3.05, 3.63) is 57.8 Å². The number of halogens is 3. The van der Waals surface area contributed by atoms with Gasteiger partial charge in [0.15, 0.2) is 0 Å². The maximum absolute atomic E-state index is 13.4. The van der Waals surface area contributed by atoms with Gasteiger partial charge in [-0.2, -0.15) is 0 Å². The highest BCUT2D eigenvalue weighted by molar-refractivity contribution is 6.35. The first-order chi connectivity index (χ1) is 8.47. The Morgan fingerprint density at radius 2 is 1.67 bits per heavy atom. The Hall–Kier alpha value is -1.09. The molecule has 0 fully saturated rings. The zero-order valence-corrected chi connectivity index (χ0v) is 11.3. The summed E-state index contributed by atoms with van der Waals surface area (Å²) in [5.41, 5.74) is 8.23. The molecule has 1 atom stereocenters. The molecular weight excluding hydrogens is 272 g/mol. The van der Waals surface area contributed by atoms with E-state index >= 15 is 0 Å². The summed E-state index contributed by atoms with van der Waals surface area (Å²) in [6.45, 7) is 1.85. The van der Waals surface area contributed by atoms with E-state index in [-0.39, 0.29) is 11.9 Å². The zero-order valence-electron chi connectivity index (χ0n) is 9.75. The van der Waals surface area contributed by atoms with Gasteiger partial charge in [0.25, 0.3) is 0 Å². The lowest BCUT2D eigenvalue weighted by molar-refractivity contribution is 0.626. The predicted molar refractivity (Wildman–Crippen MR) is 74.5 cm³/mol. The molecule has 0 aliphatic rings. The van der Waals surface area contributed by atoms with Crippen LogP contribution in [-0.2, 0) is 0 Å². The molecule has 4 heteroatoms. The van der Waals surface area contributed by atoms with Gasteiger partial charge < -0.3 is 5.73 Å². The first-order valence-electron chi connectivity index (χ1n) is 5.49. The minimum absolute atomic E-state index is 0.196. The molecule has 0 saturated heterocycles. The van der Waals surface area contributed by atoms with E-state index in [2.05, 4.69) is 0 Å². The van der Waals surface area contributed by atoms with Gasteiger partial charge in [-0.3, -0.25) is 0 Å². The van der Waals surface area contributed by atoms with Gasteiger partial charge in [0.05, 0.1) is 0 Å². The molecule has 0 spiro atoms. The van der Waals surface area contributed by atoms with E-state index in [1.165, 1.54) is 12.1 Å².